The molecule has 0 aliphatic rings. The highest BCUT2D eigenvalue weighted by Gasteiger charge is 2.15. The third-order valence-corrected chi connectivity index (χ3v) is 3.55. The number of aromatic nitrogens is 1. The summed E-state index contributed by atoms with van der Waals surface area (Å²) in [5, 5.41) is 0.421. The molecule has 0 atom stereocenters. The van der Waals surface area contributed by atoms with Gasteiger partial charge in [-0.3, -0.25) is 9.78 Å². The van der Waals surface area contributed by atoms with Crippen LogP contribution in [0.3, 0.4) is 0 Å². The van der Waals surface area contributed by atoms with Crippen molar-refractivity contribution >= 4 is 23.2 Å². The van der Waals surface area contributed by atoms with Crippen molar-refractivity contribution in [1.29, 1.82) is 0 Å². The number of benzene rings is 1. The number of halogens is 1. The quantitative estimate of drug-likeness (QED) is 0.871. The van der Waals surface area contributed by atoms with Crippen LogP contribution < -0.4 is 4.90 Å². The van der Waals surface area contributed by atoms with Crippen LogP contribution in [0.4, 0.5) is 5.69 Å². The Hall–Kier alpha value is -2.07. The molecule has 0 unspecified atom stereocenters. The zero-order valence-corrected chi connectivity index (χ0v) is 13.1. The van der Waals surface area contributed by atoms with E-state index in [4.69, 9.17) is 11.6 Å². The maximum Gasteiger partial charge on any atom is 0.256 e. The van der Waals surface area contributed by atoms with Crippen LogP contribution in [0.5, 0.6) is 0 Å². The maximum atomic E-state index is 12.3. The van der Waals surface area contributed by atoms with E-state index in [1.807, 2.05) is 43.3 Å². The normalized spacial score (nSPS) is 10.3. The van der Waals surface area contributed by atoms with Crippen molar-refractivity contribution in [2.75, 3.05) is 26.0 Å². The topological polar surface area (TPSA) is 36.4 Å². The van der Waals surface area contributed by atoms with Crippen LogP contribution in [0.25, 0.3) is 0 Å². The standard InChI is InChI=1S/C16H18ClN3O/c1-19(2)13-6-4-12(5-7-13)11-20(3)16(21)14-10-18-9-8-15(14)17/h4-10H,11H2,1-3H3. The molecule has 2 aromatic rings. The highest BCUT2D eigenvalue weighted by molar-refractivity contribution is 6.33. The minimum Gasteiger partial charge on any atom is -0.378 e. The molecule has 1 aromatic carbocycles. The number of carbonyl (C=O) groups is 1. The fourth-order valence-corrected chi connectivity index (χ4v) is 2.17. The summed E-state index contributed by atoms with van der Waals surface area (Å²) in [5.41, 5.74) is 2.62. The van der Waals surface area contributed by atoms with E-state index < -0.39 is 0 Å². The minimum atomic E-state index is -0.134. The van der Waals surface area contributed by atoms with Crippen molar-refractivity contribution in [3.63, 3.8) is 0 Å². The first-order chi connectivity index (χ1) is 9.99. The molecule has 0 aliphatic carbocycles. The van der Waals surface area contributed by atoms with E-state index in [1.54, 1.807) is 24.2 Å². The van der Waals surface area contributed by atoms with Gasteiger partial charge in [-0.05, 0) is 23.8 Å². The van der Waals surface area contributed by atoms with Gasteiger partial charge in [-0.15, -0.1) is 0 Å². The van der Waals surface area contributed by atoms with Gasteiger partial charge in [0.1, 0.15) is 0 Å². The Morgan fingerprint density at radius 1 is 1.14 bits per heavy atom. The molecule has 0 bridgehead atoms. The lowest BCUT2D eigenvalue weighted by molar-refractivity contribution is 0.0785. The monoisotopic (exact) mass is 303 g/mol. The van der Waals surface area contributed by atoms with Crippen molar-refractivity contribution < 1.29 is 4.79 Å². The van der Waals surface area contributed by atoms with Gasteiger partial charge < -0.3 is 9.80 Å². The van der Waals surface area contributed by atoms with Gasteiger partial charge in [0.15, 0.2) is 0 Å². The van der Waals surface area contributed by atoms with Crippen LogP contribution in [0, 0.1) is 0 Å². The van der Waals surface area contributed by atoms with Crippen molar-refractivity contribution in [3.05, 3.63) is 58.9 Å². The van der Waals surface area contributed by atoms with Gasteiger partial charge >= 0.3 is 0 Å². The SMILES string of the molecule is CN(Cc1ccc(N(C)C)cc1)C(=O)c1cnccc1Cl. The zero-order chi connectivity index (χ0) is 15.4. The summed E-state index contributed by atoms with van der Waals surface area (Å²) in [6, 6.07) is 9.72. The number of rotatable bonds is 4. The smallest absolute Gasteiger partial charge is 0.256 e. The van der Waals surface area contributed by atoms with Crippen LogP contribution in [-0.2, 0) is 6.54 Å². The van der Waals surface area contributed by atoms with Gasteiger partial charge in [0.25, 0.3) is 5.91 Å². The lowest BCUT2D eigenvalue weighted by Gasteiger charge is -2.19. The average Bonchev–Trinajstić information content (AvgIpc) is 2.47. The first-order valence-corrected chi connectivity index (χ1v) is 6.98. The van der Waals surface area contributed by atoms with E-state index in [0.29, 0.717) is 17.1 Å². The summed E-state index contributed by atoms with van der Waals surface area (Å²) < 4.78 is 0. The number of pyridine rings is 1. The zero-order valence-electron chi connectivity index (χ0n) is 12.4. The van der Waals surface area contributed by atoms with Gasteiger partial charge in [-0.1, -0.05) is 23.7 Å². The second-order valence-corrected chi connectivity index (χ2v) is 5.48. The summed E-state index contributed by atoms with van der Waals surface area (Å²) >= 11 is 6.03. The number of carbonyl (C=O) groups excluding carboxylic acids is 1. The van der Waals surface area contributed by atoms with Crippen LogP contribution >= 0.6 is 11.6 Å². The molecule has 1 amide bonds. The van der Waals surface area contributed by atoms with Gasteiger partial charge in [-0.2, -0.15) is 0 Å². The highest BCUT2D eigenvalue weighted by Crippen LogP contribution is 2.17. The molecular weight excluding hydrogens is 286 g/mol. The molecule has 1 aromatic heterocycles. The van der Waals surface area contributed by atoms with Crippen molar-refractivity contribution in [3.8, 4) is 0 Å². The molecule has 4 nitrogen and oxygen atoms in total. The van der Waals surface area contributed by atoms with Gasteiger partial charge in [-0.25, -0.2) is 0 Å². The van der Waals surface area contributed by atoms with Crippen molar-refractivity contribution in [2.24, 2.45) is 0 Å². The molecule has 5 heteroatoms. The average molecular weight is 304 g/mol. The second kappa shape index (κ2) is 6.59. The number of hydrogen-bond donors (Lipinski definition) is 0. The summed E-state index contributed by atoms with van der Waals surface area (Å²) in [6.07, 6.45) is 3.06. The molecule has 1 heterocycles. The van der Waals surface area contributed by atoms with E-state index in [9.17, 15) is 4.79 Å². The van der Waals surface area contributed by atoms with Gasteiger partial charge in [0.2, 0.25) is 0 Å². The Kier molecular flexibility index (Phi) is 4.81. The van der Waals surface area contributed by atoms with Crippen molar-refractivity contribution in [1.82, 2.24) is 9.88 Å². The molecule has 0 fully saturated rings. The Morgan fingerprint density at radius 3 is 2.38 bits per heavy atom. The van der Waals surface area contributed by atoms with Crippen LogP contribution in [0.1, 0.15) is 15.9 Å². The lowest BCUT2D eigenvalue weighted by atomic mass is 10.1. The third-order valence-electron chi connectivity index (χ3n) is 3.22. The molecule has 2 rings (SSSR count). The van der Waals surface area contributed by atoms with Crippen LogP contribution in [0.15, 0.2) is 42.7 Å². The van der Waals surface area contributed by atoms with E-state index in [1.165, 1.54) is 6.20 Å². The first kappa shape index (κ1) is 15.3. The summed E-state index contributed by atoms with van der Waals surface area (Å²) in [6.45, 7) is 0.526. The van der Waals surface area contributed by atoms with E-state index in [0.717, 1.165) is 11.3 Å². The molecule has 0 radical (unpaired) electrons. The molecule has 0 saturated carbocycles. The third kappa shape index (κ3) is 3.73. The number of nitrogens with zero attached hydrogens (tertiary/aromatic N) is 3. The molecule has 0 spiro atoms. The van der Waals surface area contributed by atoms with Crippen molar-refractivity contribution in [2.45, 2.75) is 6.54 Å². The molecule has 21 heavy (non-hydrogen) atoms. The minimum absolute atomic E-state index is 0.134. The summed E-state index contributed by atoms with van der Waals surface area (Å²) in [5.74, 6) is -0.134. The summed E-state index contributed by atoms with van der Waals surface area (Å²) in [7, 11) is 5.75. The number of hydrogen-bond acceptors (Lipinski definition) is 3. The first-order valence-electron chi connectivity index (χ1n) is 6.60. The predicted molar refractivity (Wildman–Crippen MR) is 85.8 cm³/mol. The van der Waals surface area contributed by atoms with E-state index in [-0.39, 0.29) is 5.91 Å². The predicted octanol–water partition coefficient (Wildman–Crippen LogP) is 3.07. The van der Waals surface area contributed by atoms with E-state index in [2.05, 4.69) is 4.98 Å². The number of anilines is 1. The molecule has 110 valence electrons. The Bertz CT molecular complexity index is 626. The molecule has 0 aliphatic heterocycles. The fourth-order valence-electron chi connectivity index (χ4n) is 1.99. The van der Waals surface area contributed by atoms with Crippen LogP contribution in [-0.4, -0.2) is 36.9 Å². The Balaban J connectivity index is 2.09. The maximum absolute atomic E-state index is 12.3. The Morgan fingerprint density at radius 2 is 1.81 bits per heavy atom. The van der Waals surface area contributed by atoms with E-state index >= 15 is 0 Å². The largest absolute Gasteiger partial charge is 0.378 e. The second-order valence-electron chi connectivity index (χ2n) is 5.08. The van der Waals surface area contributed by atoms with Gasteiger partial charge in [0, 0.05) is 45.8 Å². The van der Waals surface area contributed by atoms with Crippen LogP contribution in [0.2, 0.25) is 5.02 Å². The molecular formula is C16H18ClN3O. The summed E-state index contributed by atoms with van der Waals surface area (Å²) in [4.78, 5) is 20.0. The number of amides is 1. The fraction of sp³-hybridized carbons (Fsp3) is 0.250. The molecule has 0 N–H and O–H groups in total. The molecule has 0 saturated heterocycles. The Labute approximate surface area is 130 Å². The highest BCUT2D eigenvalue weighted by atomic mass is 35.5. The lowest BCUT2D eigenvalue weighted by Crippen LogP contribution is -2.26. The van der Waals surface area contributed by atoms with Gasteiger partial charge in [0.05, 0.1) is 10.6 Å².